The Bertz CT molecular complexity index is 1210. The monoisotopic (exact) mass is 440 g/mol. The molecule has 0 amide bonds. The molecule has 0 bridgehead atoms. The molecule has 3 aromatic rings. The number of anilines is 3. The summed E-state index contributed by atoms with van der Waals surface area (Å²) in [6, 6.07) is 20.8. The van der Waals surface area contributed by atoms with Crippen LogP contribution in [0.3, 0.4) is 0 Å². The molecule has 0 saturated carbocycles. The number of aliphatic imine (C=N–C) groups is 1. The number of rotatable bonds is 4. The van der Waals surface area contributed by atoms with E-state index in [0.29, 0.717) is 0 Å². The number of aromatic nitrogens is 1. The number of hydrogen-bond donors (Lipinski definition) is 1. The third-order valence-corrected chi connectivity index (χ3v) is 5.91. The van der Waals surface area contributed by atoms with Gasteiger partial charge in [-0.15, -0.1) is 0 Å². The summed E-state index contributed by atoms with van der Waals surface area (Å²) in [4.78, 5) is 11.5. The van der Waals surface area contributed by atoms with Crippen molar-refractivity contribution < 1.29 is 0 Å². The van der Waals surface area contributed by atoms with E-state index < -0.39 is 0 Å². The molecule has 1 aliphatic carbocycles. The van der Waals surface area contributed by atoms with Crippen LogP contribution in [0.4, 0.5) is 17.1 Å². The first-order valence-corrected chi connectivity index (χ1v) is 11.3. The van der Waals surface area contributed by atoms with Gasteiger partial charge in [0, 0.05) is 40.3 Å². The van der Waals surface area contributed by atoms with Crippen molar-refractivity contribution >= 4 is 34.4 Å². The highest BCUT2D eigenvalue weighted by Gasteiger charge is 2.33. The van der Waals surface area contributed by atoms with Crippen molar-refractivity contribution in [1.29, 1.82) is 0 Å². The molecule has 4 nitrogen and oxygen atoms in total. The van der Waals surface area contributed by atoms with E-state index in [4.69, 9.17) is 16.6 Å². The van der Waals surface area contributed by atoms with Crippen molar-refractivity contribution in [1.82, 2.24) is 4.98 Å². The van der Waals surface area contributed by atoms with E-state index >= 15 is 0 Å². The van der Waals surface area contributed by atoms with Crippen LogP contribution in [-0.4, -0.2) is 16.7 Å². The molecule has 1 unspecified atom stereocenters. The Morgan fingerprint density at radius 1 is 1.06 bits per heavy atom. The standard InChI is InChI=1S/C27H25ClN4/c1-18(2)30-25-16-27-20(15-24(25)31-22-7-5-13-29-17-22)14-19-6-3-4-8-26(19)32(27)23-11-9-21(28)10-12-23/h3-13,15-18,20,31H,14H2,1-2H3. The Balaban J connectivity index is 1.63. The molecule has 5 rings (SSSR count). The average molecular weight is 441 g/mol. The van der Waals surface area contributed by atoms with Crippen molar-refractivity contribution in [3.63, 3.8) is 0 Å². The molecule has 1 atom stereocenters. The minimum absolute atomic E-state index is 0.178. The molecule has 0 saturated heterocycles. The highest BCUT2D eigenvalue weighted by Crippen LogP contribution is 2.44. The van der Waals surface area contributed by atoms with Crippen molar-refractivity contribution in [3.05, 3.63) is 107 Å². The number of allylic oxidation sites excluding steroid dienone is 2. The second-order valence-corrected chi connectivity index (χ2v) is 8.81. The molecule has 1 aliphatic heterocycles. The highest BCUT2D eigenvalue weighted by atomic mass is 35.5. The third kappa shape index (κ3) is 4.06. The summed E-state index contributed by atoms with van der Waals surface area (Å²) >= 11 is 6.19. The quantitative estimate of drug-likeness (QED) is 0.485. The van der Waals surface area contributed by atoms with Crippen molar-refractivity contribution in [2.75, 3.05) is 10.2 Å². The molecular weight excluding hydrogens is 416 g/mol. The number of pyridine rings is 1. The molecule has 160 valence electrons. The first-order chi connectivity index (χ1) is 15.6. The molecule has 2 aromatic carbocycles. The number of hydrogen-bond acceptors (Lipinski definition) is 4. The van der Waals surface area contributed by atoms with E-state index in [-0.39, 0.29) is 12.0 Å². The van der Waals surface area contributed by atoms with Gasteiger partial charge in [-0.3, -0.25) is 9.98 Å². The van der Waals surface area contributed by atoms with Gasteiger partial charge in [0.2, 0.25) is 0 Å². The summed E-state index contributed by atoms with van der Waals surface area (Å²) in [6.07, 6.45) is 9.10. The molecule has 2 heterocycles. The van der Waals surface area contributed by atoms with E-state index in [9.17, 15) is 0 Å². The van der Waals surface area contributed by atoms with Gasteiger partial charge in [0.25, 0.3) is 0 Å². The zero-order valence-corrected chi connectivity index (χ0v) is 18.9. The largest absolute Gasteiger partial charge is 0.353 e. The lowest BCUT2D eigenvalue weighted by atomic mass is 9.84. The van der Waals surface area contributed by atoms with Gasteiger partial charge in [0.05, 0.1) is 23.3 Å². The van der Waals surface area contributed by atoms with Gasteiger partial charge in [-0.2, -0.15) is 0 Å². The van der Waals surface area contributed by atoms with Crippen LogP contribution in [0.25, 0.3) is 0 Å². The smallest absolute Gasteiger partial charge is 0.0826 e. The zero-order chi connectivity index (χ0) is 22.1. The lowest BCUT2D eigenvalue weighted by molar-refractivity contribution is 0.698. The lowest BCUT2D eigenvalue weighted by Crippen LogP contribution is -2.33. The Kier molecular flexibility index (Phi) is 5.54. The van der Waals surface area contributed by atoms with Crippen molar-refractivity contribution in [2.24, 2.45) is 10.9 Å². The fraction of sp³-hybridized carbons (Fsp3) is 0.185. The zero-order valence-electron chi connectivity index (χ0n) is 18.2. The summed E-state index contributed by atoms with van der Waals surface area (Å²) in [5.41, 5.74) is 7.78. The van der Waals surface area contributed by atoms with Gasteiger partial charge >= 0.3 is 0 Å². The summed E-state index contributed by atoms with van der Waals surface area (Å²) in [7, 11) is 0. The molecule has 5 heteroatoms. The van der Waals surface area contributed by atoms with E-state index in [2.05, 4.69) is 77.6 Å². The third-order valence-electron chi connectivity index (χ3n) is 5.66. The normalized spacial score (nSPS) is 18.7. The number of benzene rings is 2. The van der Waals surface area contributed by atoms with Crippen molar-refractivity contribution in [3.8, 4) is 0 Å². The maximum Gasteiger partial charge on any atom is 0.0826 e. The van der Waals surface area contributed by atoms with Gasteiger partial charge in [-0.1, -0.05) is 29.8 Å². The minimum atomic E-state index is 0.178. The topological polar surface area (TPSA) is 40.5 Å². The Hall–Kier alpha value is -3.37. The summed E-state index contributed by atoms with van der Waals surface area (Å²) in [6.45, 7) is 4.21. The fourth-order valence-electron chi connectivity index (χ4n) is 4.33. The van der Waals surface area contributed by atoms with Crippen molar-refractivity contribution in [2.45, 2.75) is 26.3 Å². The van der Waals surface area contributed by atoms with Crippen LogP contribution in [0.1, 0.15) is 19.4 Å². The highest BCUT2D eigenvalue weighted by molar-refractivity contribution is 6.30. The fourth-order valence-corrected chi connectivity index (χ4v) is 4.46. The van der Waals surface area contributed by atoms with E-state index in [1.54, 1.807) is 6.20 Å². The molecule has 1 N–H and O–H groups in total. The lowest BCUT2D eigenvalue weighted by Gasteiger charge is -2.40. The van der Waals surface area contributed by atoms with Crippen LogP contribution >= 0.6 is 11.6 Å². The summed E-state index contributed by atoms with van der Waals surface area (Å²) in [5.74, 6) is 0.228. The van der Waals surface area contributed by atoms with Gasteiger partial charge in [0.1, 0.15) is 0 Å². The molecule has 1 aromatic heterocycles. The molecule has 2 aliphatic rings. The molecule has 0 radical (unpaired) electrons. The summed E-state index contributed by atoms with van der Waals surface area (Å²) in [5, 5.41) is 4.28. The number of halogens is 1. The Labute approximate surface area is 194 Å². The van der Waals surface area contributed by atoms with Gasteiger partial charge < -0.3 is 10.2 Å². The van der Waals surface area contributed by atoms with Crippen LogP contribution in [-0.2, 0) is 6.42 Å². The first kappa shape index (κ1) is 20.5. The second-order valence-electron chi connectivity index (χ2n) is 8.38. The van der Waals surface area contributed by atoms with Gasteiger partial charge in [-0.05, 0) is 80.4 Å². The number of nitrogens with zero attached hydrogens (tertiary/aromatic N) is 3. The number of fused-ring (bicyclic) bond motifs is 2. The number of nitrogens with one attached hydrogen (secondary N) is 1. The predicted molar refractivity (Wildman–Crippen MR) is 134 cm³/mol. The minimum Gasteiger partial charge on any atom is -0.353 e. The van der Waals surface area contributed by atoms with E-state index in [1.165, 1.54) is 16.9 Å². The van der Waals surface area contributed by atoms with Crippen LogP contribution < -0.4 is 10.2 Å². The Morgan fingerprint density at radius 3 is 2.62 bits per heavy atom. The maximum absolute atomic E-state index is 6.19. The van der Waals surface area contributed by atoms with Crippen LogP contribution in [0.2, 0.25) is 5.02 Å². The molecular formula is C27H25ClN4. The average Bonchev–Trinajstić information content (AvgIpc) is 2.79. The van der Waals surface area contributed by atoms with E-state index in [0.717, 1.165) is 34.2 Å². The molecule has 0 spiro atoms. The van der Waals surface area contributed by atoms with Crippen LogP contribution in [0.5, 0.6) is 0 Å². The maximum atomic E-state index is 6.19. The summed E-state index contributed by atoms with van der Waals surface area (Å²) < 4.78 is 0. The number of para-hydroxylation sites is 1. The van der Waals surface area contributed by atoms with Gasteiger partial charge in [-0.25, -0.2) is 0 Å². The predicted octanol–water partition coefficient (Wildman–Crippen LogP) is 6.79. The molecule has 0 fully saturated rings. The SMILES string of the molecule is CC(C)N=C1C=C2C(C=C1Nc1cccnc1)Cc1ccccc1N2c1ccc(Cl)cc1. The van der Waals surface area contributed by atoms with Gasteiger partial charge in [0.15, 0.2) is 0 Å². The first-order valence-electron chi connectivity index (χ1n) is 10.9. The van der Waals surface area contributed by atoms with Crippen LogP contribution in [0, 0.1) is 5.92 Å². The Morgan fingerprint density at radius 2 is 1.88 bits per heavy atom. The molecule has 32 heavy (non-hydrogen) atoms. The second kappa shape index (κ2) is 8.64. The van der Waals surface area contributed by atoms with E-state index in [1.807, 2.05) is 30.5 Å². The van der Waals surface area contributed by atoms with Crippen LogP contribution in [0.15, 0.2) is 102 Å².